The summed E-state index contributed by atoms with van der Waals surface area (Å²) in [5, 5.41) is 11.0. The Kier molecular flexibility index (Phi) is 6.49. The molecule has 0 unspecified atom stereocenters. The van der Waals surface area contributed by atoms with Gasteiger partial charge in [-0.05, 0) is 25.6 Å². The van der Waals surface area contributed by atoms with Crippen LogP contribution in [0.2, 0.25) is 0 Å². The number of benzene rings is 2. The molecule has 2 aromatic rings. The second kappa shape index (κ2) is 9.05. The number of ketones is 1. The maximum absolute atomic E-state index is 12.9. The van der Waals surface area contributed by atoms with Crippen molar-refractivity contribution in [3.8, 4) is 0 Å². The van der Waals surface area contributed by atoms with Crippen LogP contribution in [0, 0.1) is 6.92 Å². The standard InChI is InChI=1S/C24H28N2O3/c1-4-25(5-2)15-16-26-21(18-9-7-6-8-10-18)20(23(28)24(26)29)22(27)19-13-11-17(3)12-14-19/h6-14,21,27H,4-5,15-16H2,1-3H3/b22-20+/t21-/m0/s1. The van der Waals surface area contributed by atoms with Gasteiger partial charge in [0.05, 0.1) is 11.6 Å². The Morgan fingerprint density at radius 1 is 1.00 bits per heavy atom. The van der Waals surface area contributed by atoms with Crippen molar-refractivity contribution >= 4 is 17.4 Å². The Bertz CT molecular complexity index is 899. The average Bonchev–Trinajstić information content (AvgIpc) is 3.00. The zero-order valence-corrected chi connectivity index (χ0v) is 17.3. The van der Waals surface area contributed by atoms with Crippen LogP contribution in [0.4, 0.5) is 0 Å². The minimum absolute atomic E-state index is 0.123. The fraction of sp³-hybridized carbons (Fsp3) is 0.333. The first-order valence-corrected chi connectivity index (χ1v) is 10.1. The lowest BCUT2D eigenvalue weighted by Crippen LogP contribution is -2.38. The van der Waals surface area contributed by atoms with Crippen LogP contribution in [0.3, 0.4) is 0 Å². The van der Waals surface area contributed by atoms with Crippen molar-refractivity contribution in [2.45, 2.75) is 26.8 Å². The largest absolute Gasteiger partial charge is 0.507 e. The predicted molar refractivity (Wildman–Crippen MR) is 114 cm³/mol. The smallest absolute Gasteiger partial charge is 0.295 e. The fourth-order valence-electron chi connectivity index (χ4n) is 3.75. The fourth-order valence-corrected chi connectivity index (χ4v) is 3.75. The van der Waals surface area contributed by atoms with Crippen LogP contribution in [-0.2, 0) is 9.59 Å². The number of amides is 1. The number of rotatable bonds is 7. The van der Waals surface area contributed by atoms with Crippen LogP contribution in [0.25, 0.3) is 5.76 Å². The molecule has 1 heterocycles. The van der Waals surface area contributed by atoms with Gasteiger partial charge in [0.2, 0.25) is 0 Å². The molecule has 3 rings (SSSR count). The molecule has 29 heavy (non-hydrogen) atoms. The van der Waals surface area contributed by atoms with E-state index in [-0.39, 0.29) is 11.3 Å². The molecular formula is C24H28N2O3. The number of aryl methyl sites for hydroxylation is 1. The molecule has 0 saturated carbocycles. The Morgan fingerprint density at radius 2 is 1.62 bits per heavy atom. The monoisotopic (exact) mass is 392 g/mol. The predicted octanol–water partition coefficient (Wildman–Crippen LogP) is 3.76. The normalized spacial score (nSPS) is 18.6. The number of hydrogen-bond acceptors (Lipinski definition) is 4. The van der Waals surface area contributed by atoms with Gasteiger partial charge in [0.15, 0.2) is 0 Å². The zero-order valence-electron chi connectivity index (χ0n) is 17.3. The van der Waals surface area contributed by atoms with Gasteiger partial charge in [-0.2, -0.15) is 0 Å². The number of likely N-dealkylation sites (tertiary alicyclic amines) is 1. The molecule has 5 nitrogen and oxygen atoms in total. The summed E-state index contributed by atoms with van der Waals surface area (Å²) in [5.74, 6) is -1.31. The van der Waals surface area contributed by atoms with Gasteiger partial charge in [0.25, 0.3) is 11.7 Å². The molecule has 5 heteroatoms. The van der Waals surface area contributed by atoms with Crippen LogP contribution in [-0.4, -0.2) is 52.8 Å². The van der Waals surface area contributed by atoms with Crippen LogP contribution in [0.1, 0.15) is 36.6 Å². The number of nitrogens with zero attached hydrogens (tertiary/aromatic N) is 2. The maximum Gasteiger partial charge on any atom is 0.295 e. The van der Waals surface area contributed by atoms with E-state index in [0.717, 1.165) is 24.2 Å². The van der Waals surface area contributed by atoms with E-state index in [1.54, 1.807) is 17.0 Å². The molecule has 0 radical (unpaired) electrons. The van der Waals surface area contributed by atoms with E-state index < -0.39 is 17.7 Å². The van der Waals surface area contributed by atoms with Gasteiger partial charge < -0.3 is 14.9 Å². The van der Waals surface area contributed by atoms with E-state index in [1.165, 1.54) is 0 Å². The minimum atomic E-state index is -0.628. The highest BCUT2D eigenvalue weighted by Crippen LogP contribution is 2.39. The third-order valence-corrected chi connectivity index (χ3v) is 5.53. The molecule has 1 atom stereocenters. The number of aliphatic hydroxyl groups is 1. The van der Waals surface area contributed by atoms with Crippen molar-refractivity contribution in [3.63, 3.8) is 0 Å². The number of carbonyl (C=O) groups is 2. The molecule has 1 aliphatic rings. The van der Waals surface area contributed by atoms with Crippen molar-refractivity contribution in [1.29, 1.82) is 0 Å². The number of Topliss-reactive ketones (excluding diaryl/α,β-unsaturated/α-hetero) is 1. The summed E-state index contributed by atoms with van der Waals surface area (Å²) in [6, 6.07) is 16.2. The summed E-state index contributed by atoms with van der Waals surface area (Å²) in [6.07, 6.45) is 0. The molecule has 0 aromatic heterocycles. The Labute approximate surface area is 172 Å². The Morgan fingerprint density at radius 3 is 2.21 bits per heavy atom. The molecule has 152 valence electrons. The average molecular weight is 392 g/mol. The van der Waals surface area contributed by atoms with Crippen molar-refractivity contribution in [1.82, 2.24) is 9.80 Å². The summed E-state index contributed by atoms with van der Waals surface area (Å²) in [7, 11) is 0. The highest BCUT2D eigenvalue weighted by Gasteiger charge is 2.45. The summed E-state index contributed by atoms with van der Waals surface area (Å²) < 4.78 is 0. The van der Waals surface area contributed by atoms with Crippen molar-refractivity contribution < 1.29 is 14.7 Å². The van der Waals surface area contributed by atoms with Gasteiger partial charge in [0.1, 0.15) is 5.76 Å². The molecule has 0 aliphatic carbocycles. The molecule has 1 amide bonds. The second-order valence-electron chi connectivity index (χ2n) is 7.30. The molecule has 0 spiro atoms. The van der Waals surface area contributed by atoms with Crippen molar-refractivity contribution in [2.75, 3.05) is 26.2 Å². The van der Waals surface area contributed by atoms with Crippen LogP contribution in [0.15, 0.2) is 60.2 Å². The number of likely N-dealkylation sites (N-methyl/N-ethyl adjacent to an activating group) is 1. The van der Waals surface area contributed by atoms with Crippen molar-refractivity contribution in [2.24, 2.45) is 0 Å². The van der Waals surface area contributed by atoms with Gasteiger partial charge in [-0.25, -0.2) is 0 Å². The lowest BCUT2D eigenvalue weighted by atomic mass is 9.95. The third-order valence-electron chi connectivity index (χ3n) is 5.53. The van der Waals surface area contributed by atoms with Crippen LogP contribution >= 0.6 is 0 Å². The van der Waals surface area contributed by atoms with E-state index in [2.05, 4.69) is 18.7 Å². The van der Waals surface area contributed by atoms with E-state index in [1.807, 2.05) is 49.4 Å². The Balaban J connectivity index is 2.06. The first-order valence-electron chi connectivity index (χ1n) is 10.1. The molecule has 1 aliphatic heterocycles. The van der Waals surface area contributed by atoms with E-state index in [4.69, 9.17) is 0 Å². The first kappa shape index (κ1) is 20.8. The van der Waals surface area contributed by atoms with Crippen LogP contribution < -0.4 is 0 Å². The second-order valence-corrected chi connectivity index (χ2v) is 7.30. The summed E-state index contributed by atoms with van der Waals surface area (Å²) in [5.41, 5.74) is 2.57. The van der Waals surface area contributed by atoms with E-state index >= 15 is 0 Å². The van der Waals surface area contributed by atoms with Gasteiger partial charge in [0, 0.05) is 18.7 Å². The topological polar surface area (TPSA) is 60.9 Å². The zero-order chi connectivity index (χ0) is 21.0. The van der Waals surface area contributed by atoms with Gasteiger partial charge in [-0.1, -0.05) is 74.0 Å². The quantitative estimate of drug-likeness (QED) is 0.443. The summed E-state index contributed by atoms with van der Waals surface area (Å²) >= 11 is 0. The summed E-state index contributed by atoms with van der Waals surface area (Å²) in [6.45, 7) is 8.96. The molecular weight excluding hydrogens is 364 g/mol. The van der Waals surface area contributed by atoms with Gasteiger partial charge in [-0.15, -0.1) is 0 Å². The minimum Gasteiger partial charge on any atom is -0.507 e. The molecule has 2 aromatic carbocycles. The lowest BCUT2D eigenvalue weighted by molar-refractivity contribution is -0.140. The number of hydrogen-bond donors (Lipinski definition) is 1. The molecule has 1 fully saturated rings. The highest BCUT2D eigenvalue weighted by atomic mass is 16.3. The van der Waals surface area contributed by atoms with Gasteiger partial charge >= 0.3 is 0 Å². The van der Waals surface area contributed by atoms with E-state index in [9.17, 15) is 14.7 Å². The van der Waals surface area contributed by atoms with Crippen LogP contribution in [0.5, 0.6) is 0 Å². The van der Waals surface area contributed by atoms with Crippen molar-refractivity contribution in [3.05, 3.63) is 76.9 Å². The molecule has 1 N–H and O–H groups in total. The number of aliphatic hydroxyl groups excluding tert-OH is 1. The number of carbonyl (C=O) groups excluding carboxylic acids is 2. The SMILES string of the molecule is CCN(CC)CCN1C(=O)C(=O)/C(=C(/O)c2ccc(C)cc2)[C@@H]1c1ccccc1. The summed E-state index contributed by atoms with van der Waals surface area (Å²) in [4.78, 5) is 29.6. The molecule has 0 bridgehead atoms. The maximum atomic E-state index is 12.9. The third kappa shape index (κ3) is 4.25. The van der Waals surface area contributed by atoms with E-state index in [0.29, 0.717) is 18.7 Å². The lowest BCUT2D eigenvalue weighted by Gasteiger charge is -2.28. The highest BCUT2D eigenvalue weighted by molar-refractivity contribution is 6.46. The molecule has 1 saturated heterocycles. The Hall–Kier alpha value is -2.92. The first-order chi connectivity index (χ1) is 14.0. The van der Waals surface area contributed by atoms with Gasteiger partial charge in [-0.3, -0.25) is 9.59 Å².